The minimum atomic E-state index is 0.746. The highest BCUT2D eigenvalue weighted by atomic mass is 35.5. The van der Waals surface area contributed by atoms with Gasteiger partial charge >= 0.3 is 0 Å². The first-order valence-electron chi connectivity index (χ1n) is 6.53. The fraction of sp³-hybridized carbons (Fsp3) is 0.467. The molecule has 0 aliphatic heterocycles. The number of nitrogens with zero attached hydrogens (tertiary/aromatic N) is 1. The average molecular weight is 265 g/mol. The Morgan fingerprint density at radius 3 is 2.78 bits per heavy atom. The largest absolute Gasteiger partial charge is 0.358 e. The van der Waals surface area contributed by atoms with E-state index in [0.29, 0.717) is 0 Å². The molecule has 0 unspecified atom stereocenters. The Hall–Kier alpha value is -0.990. The molecule has 0 atom stereocenters. The van der Waals surface area contributed by atoms with E-state index in [1.54, 1.807) is 0 Å². The molecule has 98 valence electrons. The molecule has 2 rings (SSSR count). The number of halogens is 1. The van der Waals surface area contributed by atoms with Crippen molar-refractivity contribution in [1.82, 2.24) is 9.88 Å². The lowest BCUT2D eigenvalue weighted by atomic mass is 10.1. The Morgan fingerprint density at radius 2 is 2.00 bits per heavy atom. The number of aromatic nitrogens is 1. The maximum atomic E-state index is 5.72. The molecule has 0 saturated carbocycles. The summed E-state index contributed by atoms with van der Waals surface area (Å²) in [6.45, 7) is 4.32. The molecule has 2 aromatic rings. The van der Waals surface area contributed by atoms with Crippen LogP contribution in [0.5, 0.6) is 0 Å². The van der Waals surface area contributed by atoms with Crippen molar-refractivity contribution in [2.75, 3.05) is 26.0 Å². The summed E-state index contributed by atoms with van der Waals surface area (Å²) in [6.07, 6.45) is 2.15. The van der Waals surface area contributed by atoms with Crippen LogP contribution in [0.25, 0.3) is 10.9 Å². The van der Waals surface area contributed by atoms with Gasteiger partial charge in [-0.3, -0.25) is 0 Å². The molecule has 18 heavy (non-hydrogen) atoms. The van der Waals surface area contributed by atoms with Gasteiger partial charge in [-0.2, -0.15) is 0 Å². The summed E-state index contributed by atoms with van der Waals surface area (Å²) in [4.78, 5) is 5.81. The highest BCUT2D eigenvalue weighted by Crippen LogP contribution is 2.22. The number of alkyl halides is 1. The van der Waals surface area contributed by atoms with Crippen LogP contribution in [0.1, 0.15) is 17.7 Å². The van der Waals surface area contributed by atoms with Crippen LogP contribution in [-0.4, -0.2) is 35.9 Å². The Bertz CT molecular complexity index is 504. The molecule has 0 amide bonds. The molecule has 2 nitrogen and oxygen atoms in total. The predicted molar refractivity (Wildman–Crippen MR) is 79.6 cm³/mol. The van der Waals surface area contributed by atoms with Crippen molar-refractivity contribution in [2.45, 2.75) is 19.8 Å². The Labute approximate surface area is 114 Å². The summed E-state index contributed by atoms with van der Waals surface area (Å²) in [5.41, 5.74) is 3.98. The van der Waals surface area contributed by atoms with Gasteiger partial charge in [0.05, 0.1) is 0 Å². The number of rotatable bonds is 6. The number of likely N-dealkylation sites (N-methyl/N-ethyl adjacent to an activating group) is 1. The van der Waals surface area contributed by atoms with Gasteiger partial charge in [0, 0.05) is 29.0 Å². The molecule has 0 radical (unpaired) electrons. The van der Waals surface area contributed by atoms with Gasteiger partial charge in [-0.05, 0) is 45.0 Å². The maximum Gasteiger partial charge on any atom is 0.0458 e. The van der Waals surface area contributed by atoms with Gasteiger partial charge in [-0.1, -0.05) is 18.2 Å². The molecule has 0 fully saturated rings. The van der Waals surface area contributed by atoms with E-state index in [0.717, 1.165) is 31.8 Å². The molecule has 0 bridgehead atoms. The van der Waals surface area contributed by atoms with Crippen LogP contribution in [-0.2, 0) is 6.42 Å². The van der Waals surface area contributed by atoms with Crippen molar-refractivity contribution in [3.8, 4) is 0 Å². The van der Waals surface area contributed by atoms with E-state index in [2.05, 4.69) is 48.1 Å². The van der Waals surface area contributed by atoms with Gasteiger partial charge in [0.25, 0.3) is 0 Å². The fourth-order valence-corrected chi connectivity index (χ4v) is 2.52. The van der Waals surface area contributed by atoms with Gasteiger partial charge in [-0.15, -0.1) is 11.6 Å². The first-order valence-corrected chi connectivity index (χ1v) is 7.06. The third kappa shape index (κ3) is 3.06. The molecule has 1 heterocycles. The predicted octanol–water partition coefficient (Wildman–Crippen LogP) is 3.58. The van der Waals surface area contributed by atoms with Gasteiger partial charge in [0.15, 0.2) is 0 Å². The van der Waals surface area contributed by atoms with E-state index < -0.39 is 0 Å². The second-order valence-electron chi connectivity index (χ2n) is 4.87. The Kier molecular flexibility index (Phi) is 4.67. The van der Waals surface area contributed by atoms with Crippen molar-refractivity contribution in [3.63, 3.8) is 0 Å². The first-order chi connectivity index (χ1) is 8.72. The summed E-state index contributed by atoms with van der Waals surface area (Å²) in [7, 11) is 2.16. The number of fused-ring (bicyclic) bond motifs is 1. The lowest BCUT2D eigenvalue weighted by Crippen LogP contribution is -2.22. The number of aromatic amines is 1. The van der Waals surface area contributed by atoms with E-state index >= 15 is 0 Å². The number of para-hydroxylation sites is 1. The summed E-state index contributed by atoms with van der Waals surface area (Å²) in [6, 6.07) is 8.53. The van der Waals surface area contributed by atoms with E-state index in [1.807, 2.05) is 0 Å². The van der Waals surface area contributed by atoms with E-state index in [4.69, 9.17) is 11.6 Å². The van der Waals surface area contributed by atoms with Crippen LogP contribution in [0.3, 0.4) is 0 Å². The number of aryl methyl sites for hydroxylation is 1. The molecule has 1 N–H and O–H groups in total. The normalized spacial score (nSPS) is 11.6. The molecule has 1 aromatic heterocycles. The third-order valence-corrected chi connectivity index (χ3v) is 3.71. The molecule has 0 aliphatic rings. The lowest BCUT2D eigenvalue weighted by Gasteiger charge is -2.15. The van der Waals surface area contributed by atoms with Crippen LogP contribution in [0, 0.1) is 6.92 Å². The van der Waals surface area contributed by atoms with Crippen molar-refractivity contribution in [1.29, 1.82) is 0 Å². The number of nitrogens with one attached hydrogen (secondary N) is 1. The topological polar surface area (TPSA) is 19.0 Å². The first kappa shape index (κ1) is 13.4. The summed E-state index contributed by atoms with van der Waals surface area (Å²) < 4.78 is 0. The number of hydrogen-bond donors (Lipinski definition) is 1. The zero-order valence-corrected chi connectivity index (χ0v) is 11.9. The zero-order chi connectivity index (χ0) is 13.0. The van der Waals surface area contributed by atoms with Gasteiger partial charge < -0.3 is 9.88 Å². The van der Waals surface area contributed by atoms with Crippen LogP contribution in [0.15, 0.2) is 24.3 Å². The standard InChI is InChI=1S/C15H21ClN2/c1-12-13(8-11-18(2)10-5-9-16)14-6-3-4-7-15(14)17-12/h3-4,6-7,17H,5,8-11H2,1-2H3. The number of hydrogen-bond acceptors (Lipinski definition) is 1. The molecule has 0 saturated heterocycles. The fourth-order valence-electron chi connectivity index (χ4n) is 2.40. The second-order valence-corrected chi connectivity index (χ2v) is 5.25. The van der Waals surface area contributed by atoms with Gasteiger partial charge in [-0.25, -0.2) is 0 Å². The molecular weight excluding hydrogens is 244 g/mol. The van der Waals surface area contributed by atoms with Gasteiger partial charge in [0.2, 0.25) is 0 Å². The van der Waals surface area contributed by atoms with Gasteiger partial charge in [0.1, 0.15) is 0 Å². The van der Waals surface area contributed by atoms with Crippen molar-refractivity contribution >= 4 is 22.5 Å². The van der Waals surface area contributed by atoms with Crippen LogP contribution < -0.4 is 0 Å². The monoisotopic (exact) mass is 264 g/mol. The molecule has 1 aromatic carbocycles. The number of benzene rings is 1. The Balaban J connectivity index is 2.05. The lowest BCUT2D eigenvalue weighted by molar-refractivity contribution is 0.340. The molecule has 3 heteroatoms. The summed E-state index contributed by atoms with van der Waals surface area (Å²) >= 11 is 5.72. The minimum absolute atomic E-state index is 0.746. The molecule has 0 spiro atoms. The highest BCUT2D eigenvalue weighted by Gasteiger charge is 2.08. The SMILES string of the molecule is Cc1[nH]c2ccccc2c1CCN(C)CCCCl. The smallest absolute Gasteiger partial charge is 0.0458 e. The van der Waals surface area contributed by atoms with Crippen molar-refractivity contribution < 1.29 is 0 Å². The summed E-state index contributed by atoms with van der Waals surface area (Å²) in [5, 5.41) is 1.36. The minimum Gasteiger partial charge on any atom is -0.358 e. The molecule has 0 aliphatic carbocycles. The van der Waals surface area contributed by atoms with Crippen LogP contribution in [0.4, 0.5) is 0 Å². The van der Waals surface area contributed by atoms with Crippen LogP contribution in [0.2, 0.25) is 0 Å². The molecular formula is C15H21ClN2. The van der Waals surface area contributed by atoms with Crippen LogP contribution >= 0.6 is 11.6 Å². The Morgan fingerprint density at radius 1 is 1.22 bits per heavy atom. The maximum absolute atomic E-state index is 5.72. The summed E-state index contributed by atoms with van der Waals surface area (Å²) in [5.74, 6) is 0.746. The zero-order valence-electron chi connectivity index (χ0n) is 11.2. The number of H-pyrrole nitrogens is 1. The third-order valence-electron chi connectivity index (χ3n) is 3.44. The average Bonchev–Trinajstić information content (AvgIpc) is 2.69. The van der Waals surface area contributed by atoms with Crippen molar-refractivity contribution in [2.24, 2.45) is 0 Å². The quantitative estimate of drug-likeness (QED) is 0.790. The van der Waals surface area contributed by atoms with E-state index in [-0.39, 0.29) is 0 Å². The van der Waals surface area contributed by atoms with E-state index in [1.165, 1.54) is 22.2 Å². The highest BCUT2D eigenvalue weighted by molar-refractivity contribution is 6.17. The second kappa shape index (κ2) is 6.26. The van der Waals surface area contributed by atoms with E-state index in [9.17, 15) is 0 Å². The van der Waals surface area contributed by atoms with Crippen molar-refractivity contribution in [3.05, 3.63) is 35.5 Å².